The normalized spacial score (nSPS) is 11.9. The van der Waals surface area contributed by atoms with Crippen LogP contribution in [0.3, 0.4) is 0 Å². The summed E-state index contributed by atoms with van der Waals surface area (Å²) in [5.74, 6) is 2.99. The van der Waals surface area contributed by atoms with E-state index in [1.54, 1.807) is 0 Å². The Labute approximate surface area is 844 Å². The van der Waals surface area contributed by atoms with Crippen molar-refractivity contribution in [2.24, 2.45) is 0 Å². The molecule has 688 valence electrons. The minimum Gasteiger partial charge on any atom is -0.456 e. The fourth-order valence-corrected chi connectivity index (χ4v) is 23.9. The first-order valence-corrected chi connectivity index (χ1v) is 50.4. The molecule has 0 spiro atoms. The number of aromatic nitrogens is 6. The van der Waals surface area contributed by atoms with Crippen molar-refractivity contribution in [2.75, 3.05) is 0 Å². The molecular formula is C138H88N6O3. The molecule has 147 heavy (non-hydrogen) atoms. The zero-order chi connectivity index (χ0) is 97.0. The van der Waals surface area contributed by atoms with Gasteiger partial charge in [0.1, 0.15) is 51.0 Å². The van der Waals surface area contributed by atoms with Gasteiger partial charge in [0, 0.05) is 61.4 Å². The van der Waals surface area contributed by atoms with Gasteiger partial charge in [-0.1, -0.05) is 371 Å². The minimum absolute atomic E-state index is 0.863. The van der Waals surface area contributed by atoms with Gasteiger partial charge in [-0.3, -0.25) is 13.7 Å². The molecule has 0 amide bonds. The number of aryl methyl sites for hydroxylation is 2. The zero-order valence-corrected chi connectivity index (χ0v) is 80.3. The topological polar surface area (TPSA) is 92.9 Å². The van der Waals surface area contributed by atoms with Crippen LogP contribution in [0.15, 0.2) is 499 Å². The molecule has 0 atom stereocenters. The maximum absolute atomic E-state index is 6.52. The number of hydrogen-bond donors (Lipinski definition) is 0. The lowest BCUT2D eigenvalue weighted by molar-refractivity contribution is 0.669. The monoisotopic (exact) mass is 1880 g/mol. The predicted molar refractivity (Wildman–Crippen MR) is 615 cm³/mol. The number of hydrogen-bond acceptors (Lipinski definition) is 6. The number of fused-ring (bicyclic) bond motifs is 24. The van der Waals surface area contributed by atoms with Gasteiger partial charge in [0.15, 0.2) is 0 Å². The summed E-state index contributed by atoms with van der Waals surface area (Å²) < 4.78 is 25.9. The molecular weight excluding hydrogens is 1790 g/mol. The lowest BCUT2D eigenvalue weighted by Crippen LogP contribution is -2.00. The van der Waals surface area contributed by atoms with Crippen LogP contribution in [0.4, 0.5) is 0 Å². The smallest absolute Gasteiger partial charge is 0.145 e. The molecule has 0 saturated heterocycles. The molecule has 0 aliphatic carbocycles. The molecule has 0 saturated carbocycles. The number of imidazole rings is 3. The van der Waals surface area contributed by atoms with Gasteiger partial charge in [-0.15, -0.1) is 0 Å². The quantitative estimate of drug-likeness (QED) is 0.120. The van der Waals surface area contributed by atoms with Crippen LogP contribution in [0.2, 0.25) is 0 Å². The van der Waals surface area contributed by atoms with Crippen LogP contribution >= 0.6 is 0 Å². The standard InChI is InChI=1S/C49H30N2O.C45H30N2O.C44H28N2O/c1-2-12-33(13-3-1)49-50-42-19-9-10-20-43(42)51(49)35-27-24-32(25-28-35)46-36-14-4-6-16-38(36)47(39-17-7-5-15-37(39)46)34-23-22-31-26-29-45-48(41(31)30-34)40-18-8-11-21-44(40)52-45;1-2-42-46-38-20-10-11-21-39(38)47(42)29-25-23-28(24-26-29)43-32-15-5-7-17-34(32)44(35-18-8-6-16-33(35)43)37-27-41-45(31-14-4-3-13-30(31)37)36-19-9-12-22-40(36)48-41;1-27-45-38-15-7-8-16-39(38)46(27)31-23-20-29(21-24-31)42-32-10-2-4-12-34(32)43(35-13-5-3-11-33(35)42)30-19-18-28-22-25-41-44(37(28)26-30)36-14-6-9-17-40(36)47-41/h1-30H;3-27H,2H2,1H3;2-26H,1H3. The Hall–Kier alpha value is -19.4. The van der Waals surface area contributed by atoms with Gasteiger partial charge in [0.25, 0.3) is 0 Å². The summed E-state index contributed by atoms with van der Waals surface area (Å²) in [6, 6.07) is 174. The lowest BCUT2D eigenvalue weighted by Gasteiger charge is -2.19. The van der Waals surface area contributed by atoms with E-state index in [1.165, 1.54) is 180 Å². The van der Waals surface area contributed by atoms with Gasteiger partial charge in [-0.2, -0.15) is 0 Å². The van der Waals surface area contributed by atoms with Crippen LogP contribution in [0.25, 0.3) is 291 Å². The van der Waals surface area contributed by atoms with Crippen molar-refractivity contribution in [1.29, 1.82) is 0 Å². The number of para-hydroxylation sites is 9. The molecule has 6 aromatic heterocycles. The molecule has 6 heterocycles. The van der Waals surface area contributed by atoms with Gasteiger partial charge >= 0.3 is 0 Å². The van der Waals surface area contributed by atoms with Gasteiger partial charge in [-0.05, 0) is 292 Å². The summed E-state index contributed by atoms with van der Waals surface area (Å²) in [7, 11) is 0. The van der Waals surface area contributed by atoms with Gasteiger partial charge < -0.3 is 13.3 Å². The summed E-state index contributed by atoms with van der Waals surface area (Å²) in [5, 5.41) is 29.0. The third-order valence-corrected chi connectivity index (χ3v) is 30.3. The molecule has 9 nitrogen and oxygen atoms in total. The van der Waals surface area contributed by atoms with Crippen LogP contribution in [-0.2, 0) is 6.42 Å². The largest absolute Gasteiger partial charge is 0.456 e. The second kappa shape index (κ2) is 34.2. The maximum Gasteiger partial charge on any atom is 0.145 e. The Bertz CT molecular complexity index is 10700. The van der Waals surface area contributed by atoms with Crippen LogP contribution in [0.5, 0.6) is 0 Å². The summed E-state index contributed by atoms with van der Waals surface area (Å²) in [6.07, 6.45) is 0.863. The third-order valence-electron chi connectivity index (χ3n) is 30.3. The highest BCUT2D eigenvalue weighted by Gasteiger charge is 2.27. The van der Waals surface area contributed by atoms with Crippen molar-refractivity contribution in [2.45, 2.75) is 20.3 Å². The van der Waals surface area contributed by atoms with E-state index in [1.807, 2.05) is 30.3 Å². The van der Waals surface area contributed by atoms with E-state index in [0.717, 1.165) is 129 Å². The Kier molecular flexibility index (Phi) is 19.7. The van der Waals surface area contributed by atoms with Crippen molar-refractivity contribution >= 4 is 196 Å². The summed E-state index contributed by atoms with van der Waals surface area (Å²) >= 11 is 0. The minimum atomic E-state index is 0.863. The first-order chi connectivity index (χ1) is 72.8. The van der Waals surface area contributed by atoms with Crippen LogP contribution in [0.1, 0.15) is 18.6 Å². The molecule has 0 aliphatic rings. The Balaban J connectivity index is 0.000000104. The summed E-state index contributed by atoms with van der Waals surface area (Å²) in [6.45, 7) is 4.24. The third kappa shape index (κ3) is 13.7. The average molecular weight is 1880 g/mol. The number of benzene rings is 25. The van der Waals surface area contributed by atoms with Crippen molar-refractivity contribution in [3.63, 3.8) is 0 Å². The van der Waals surface area contributed by atoms with Crippen LogP contribution in [0, 0.1) is 6.92 Å². The maximum atomic E-state index is 6.52. The summed E-state index contributed by atoms with van der Waals surface area (Å²) in [4.78, 5) is 14.8. The predicted octanol–water partition coefficient (Wildman–Crippen LogP) is 37.7. The van der Waals surface area contributed by atoms with E-state index in [9.17, 15) is 0 Å². The Morgan fingerprint density at radius 2 is 0.490 bits per heavy atom. The molecule has 0 fully saturated rings. The fraction of sp³-hybridized carbons (Fsp3) is 0.0217. The van der Waals surface area contributed by atoms with Crippen molar-refractivity contribution < 1.29 is 13.3 Å². The molecule has 0 bridgehead atoms. The SMILES string of the molecule is CCc1nc2ccccc2n1-c1ccc(-c2c3ccccc3c(-c3cc4oc5ccccc5c4c4ccccc34)c3ccccc23)cc1.Cc1nc2ccccc2n1-c1ccc(-c2c3ccccc3c(-c3ccc4ccc5oc6ccccc6c5c4c3)c3ccccc23)cc1.c1ccc(-c2nc3ccccc3n2-c2ccc(-c3c4ccccc4c(-c4ccc5ccc6oc7ccccc7c6c5c4)c4ccccc34)cc2)cc1. The van der Waals surface area contributed by atoms with Gasteiger partial charge in [0.2, 0.25) is 0 Å². The Morgan fingerprint density at radius 3 is 0.905 bits per heavy atom. The molecule has 25 aromatic carbocycles. The second-order valence-corrected chi connectivity index (χ2v) is 38.4. The molecule has 31 aromatic rings. The summed E-state index contributed by atoms with van der Waals surface area (Å²) in [5.41, 5.74) is 30.9. The fourth-order valence-electron chi connectivity index (χ4n) is 23.9. The van der Waals surface area contributed by atoms with Crippen LogP contribution in [-0.4, -0.2) is 28.7 Å². The highest BCUT2D eigenvalue weighted by molar-refractivity contribution is 6.30. The van der Waals surface area contributed by atoms with Crippen molar-refractivity contribution in [1.82, 2.24) is 28.7 Å². The van der Waals surface area contributed by atoms with Crippen LogP contribution < -0.4 is 0 Å². The first-order valence-electron chi connectivity index (χ1n) is 50.4. The van der Waals surface area contributed by atoms with E-state index in [2.05, 4.69) is 483 Å². The second-order valence-electron chi connectivity index (χ2n) is 38.4. The number of rotatable bonds is 11. The Morgan fingerprint density at radius 1 is 0.197 bits per heavy atom. The molecule has 0 unspecified atom stereocenters. The molecule has 0 aliphatic heterocycles. The zero-order valence-electron chi connectivity index (χ0n) is 80.3. The first kappa shape index (κ1) is 84.5. The van der Waals surface area contributed by atoms with E-state index < -0.39 is 0 Å². The average Bonchev–Trinajstić information content (AvgIpc) is 1.75. The highest BCUT2D eigenvalue weighted by atomic mass is 16.3. The number of nitrogens with zero attached hydrogens (tertiary/aromatic N) is 6. The molecule has 31 rings (SSSR count). The van der Waals surface area contributed by atoms with E-state index >= 15 is 0 Å². The van der Waals surface area contributed by atoms with E-state index in [-0.39, 0.29) is 0 Å². The molecule has 0 N–H and O–H groups in total. The highest BCUT2D eigenvalue weighted by Crippen LogP contribution is 2.53. The van der Waals surface area contributed by atoms with Crippen molar-refractivity contribution in [3.8, 4) is 95.2 Å². The van der Waals surface area contributed by atoms with E-state index in [0.29, 0.717) is 0 Å². The lowest BCUT2D eigenvalue weighted by atomic mass is 9.84. The van der Waals surface area contributed by atoms with E-state index in [4.69, 9.17) is 28.2 Å². The molecule has 9 heteroatoms. The van der Waals surface area contributed by atoms with Crippen molar-refractivity contribution in [3.05, 3.63) is 497 Å². The van der Waals surface area contributed by atoms with Gasteiger partial charge in [0.05, 0.1) is 33.1 Å². The number of furan rings is 3. The molecule has 0 radical (unpaired) electrons. The van der Waals surface area contributed by atoms with Gasteiger partial charge in [-0.25, -0.2) is 15.0 Å².